The number of rotatable bonds is 6. The lowest BCUT2D eigenvalue weighted by Gasteiger charge is -2.15. The minimum atomic E-state index is -0.855. The summed E-state index contributed by atoms with van der Waals surface area (Å²) in [5, 5.41) is 10.0. The van der Waals surface area contributed by atoms with Gasteiger partial charge < -0.3 is 14.6 Å². The number of halogens is 1. The van der Waals surface area contributed by atoms with Gasteiger partial charge in [0.05, 0.1) is 0 Å². The van der Waals surface area contributed by atoms with Crippen LogP contribution in [-0.2, 0) is 0 Å². The maximum absolute atomic E-state index is 12.8. The van der Waals surface area contributed by atoms with Crippen LogP contribution in [0.3, 0.4) is 0 Å². The Kier molecular flexibility index (Phi) is 5.19. The molecule has 0 spiro atoms. The highest BCUT2D eigenvalue weighted by molar-refractivity contribution is 5.39. The molecule has 1 unspecified atom stereocenters. The van der Waals surface area contributed by atoms with E-state index < -0.39 is 6.10 Å². The number of para-hydroxylation sites is 2. The van der Waals surface area contributed by atoms with Crippen LogP contribution in [0, 0.1) is 18.2 Å². The zero-order valence-electron chi connectivity index (χ0n) is 11.3. The number of terminal acetylenes is 1. The Morgan fingerprint density at radius 2 is 1.67 bits per heavy atom. The zero-order valence-corrected chi connectivity index (χ0v) is 11.3. The molecule has 0 fully saturated rings. The van der Waals surface area contributed by atoms with E-state index in [2.05, 4.69) is 5.92 Å². The van der Waals surface area contributed by atoms with Gasteiger partial charge in [0.25, 0.3) is 0 Å². The van der Waals surface area contributed by atoms with E-state index in [0.29, 0.717) is 17.1 Å². The molecule has 0 saturated carbocycles. The summed E-state index contributed by atoms with van der Waals surface area (Å²) in [7, 11) is 0. The van der Waals surface area contributed by atoms with Crippen molar-refractivity contribution in [1.82, 2.24) is 0 Å². The largest absolute Gasteiger partial charge is 0.487 e. The first-order valence-corrected chi connectivity index (χ1v) is 6.42. The van der Waals surface area contributed by atoms with Crippen molar-refractivity contribution >= 4 is 0 Å². The molecule has 2 aromatic carbocycles. The Labute approximate surface area is 122 Å². The van der Waals surface area contributed by atoms with Crippen LogP contribution in [-0.4, -0.2) is 18.3 Å². The van der Waals surface area contributed by atoms with Gasteiger partial charge >= 0.3 is 0 Å². The second kappa shape index (κ2) is 7.32. The van der Waals surface area contributed by atoms with Crippen LogP contribution in [0.4, 0.5) is 4.39 Å². The molecule has 0 aromatic heterocycles. The molecular formula is C17H15FO3. The Balaban J connectivity index is 1.99. The molecule has 2 aromatic rings. The van der Waals surface area contributed by atoms with Crippen molar-refractivity contribution in [1.29, 1.82) is 0 Å². The molecule has 21 heavy (non-hydrogen) atoms. The molecule has 0 aliphatic rings. The summed E-state index contributed by atoms with van der Waals surface area (Å²) in [6.07, 6.45) is 4.30. The summed E-state index contributed by atoms with van der Waals surface area (Å²) in [5.74, 6) is 3.04. The van der Waals surface area contributed by atoms with Crippen LogP contribution in [0.2, 0.25) is 0 Å². The fourth-order valence-electron chi connectivity index (χ4n) is 1.76. The first-order chi connectivity index (χ1) is 10.2. The van der Waals surface area contributed by atoms with E-state index in [1.165, 1.54) is 24.3 Å². The number of hydrogen-bond donors (Lipinski definition) is 1. The van der Waals surface area contributed by atoms with Crippen molar-refractivity contribution < 1.29 is 19.0 Å². The van der Waals surface area contributed by atoms with Crippen LogP contribution in [0.1, 0.15) is 11.7 Å². The van der Waals surface area contributed by atoms with Gasteiger partial charge in [-0.05, 0) is 29.8 Å². The standard InChI is InChI=1S/C17H15FO3/c1-2-11-20-16-5-3-4-6-17(16)21-12-15(19)13-7-9-14(18)10-8-13/h1,3-10,15,19H,11-12H2. The van der Waals surface area contributed by atoms with E-state index in [1.807, 2.05) is 0 Å². The maximum Gasteiger partial charge on any atom is 0.162 e. The summed E-state index contributed by atoms with van der Waals surface area (Å²) < 4.78 is 23.7. The van der Waals surface area contributed by atoms with Crippen molar-refractivity contribution in [3.05, 3.63) is 59.9 Å². The second-order valence-electron chi connectivity index (χ2n) is 4.32. The van der Waals surface area contributed by atoms with Crippen LogP contribution in [0.25, 0.3) is 0 Å². The predicted molar refractivity (Wildman–Crippen MR) is 77.6 cm³/mol. The molecule has 0 heterocycles. The van der Waals surface area contributed by atoms with Gasteiger partial charge in [-0.2, -0.15) is 0 Å². The number of ether oxygens (including phenoxy) is 2. The predicted octanol–water partition coefficient (Wildman–Crippen LogP) is 2.95. The first kappa shape index (κ1) is 14.9. The van der Waals surface area contributed by atoms with E-state index >= 15 is 0 Å². The molecule has 108 valence electrons. The van der Waals surface area contributed by atoms with Gasteiger partial charge in [-0.15, -0.1) is 6.42 Å². The quantitative estimate of drug-likeness (QED) is 0.830. The number of aliphatic hydroxyl groups is 1. The van der Waals surface area contributed by atoms with E-state index in [0.717, 1.165) is 0 Å². The summed E-state index contributed by atoms with van der Waals surface area (Å²) in [5.41, 5.74) is 0.582. The summed E-state index contributed by atoms with van der Waals surface area (Å²) in [6.45, 7) is 0.170. The molecule has 0 amide bonds. The highest BCUT2D eigenvalue weighted by atomic mass is 19.1. The SMILES string of the molecule is C#CCOc1ccccc1OCC(O)c1ccc(F)cc1. The van der Waals surface area contributed by atoms with Gasteiger partial charge in [0, 0.05) is 0 Å². The summed E-state index contributed by atoms with van der Waals surface area (Å²) in [4.78, 5) is 0. The number of benzene rings is 2. The van der Waals surface area contributed by atoms with Crippen molar-refractivity contribution in [2.45, 2.75) is 6.10 Å². The monoisotopic (exact) mass is 286 g/mol. The average Bonchev–Trinajstić information content (AvgIpc) is 2.52. The van der Waals surface area contributed by atoms with Gasteiger partial charge in [0.15, 0.2) is 11.5 Å². The minimum Gasteiger partial charge on any atom is -0.487 e. The maximum atomic E-state index is 12.8. The molecule has 0 bridgehead atoms. The van der Waals surface area contributed by atoms with E-state index in [9.17, 15) is 9.50 Å². The lowest BCUT2D eigenvalue weighted by Crippen LogP contribution is -2.10. The van der Waals surface area contributed by atoms with Crippen molar-refractivity contribution in [3.8, 4) is 23.8 Å². The average molecular weight is 286 g/mol. The van der Waals surface area contributed by atoms with Crippen molar-refractivity contribution in [3.63, 3.8) is 0 Å². The van der Waals surface area contributed by atoms with Crippen LogP contribution < -0.4 is 9.47 Å². The molecule has 0 aliphatic heterocycles. The molecule has 1 atom stereocenters. The van der Waals surface area contributed by atoms with Crippen LogP contribution in [0.5, 0.6) is 11.5 Å². The molecule has 4 heteroatoms. The fourth-order valence-corrected chi connectivity index (χ4v) is 1.76. The van der Waals surface area contributed by atoms with Crippen molar-refractivity contribution in [2.75, 3.05) is 13.2 Å². The Morgan fingerprint density at radius 3 is 2.29 bits per heavy atom. The number of hydrogen-bond acceptors (Lipinski definition) is 3. The molecule has 2 rings (SSSR count). The Morgan fingerprint density at radius 1 is 1.05 bits per heavy atom. The van der Waals surface area contributed by atoms with Gasteiger partial charge in [0.1, 0.15) is 25.1 Å². The second-order valence-corrected chi connectivity index (χ2v) is 4.32. The minimum absolute atomic E-state index is 0.0298. The van der Waals surface area contributed by atoms with E-state index in [1.54, 1.807) is 24.3 Å². The third kappa shape index (κ3) is 4.23. The van der Waals surface area contributed by atoms with Gasteiger partial charge in [-0.25, -0.2) is 4.39 Å². The lowest BCUT2D eigenvalue weighted by atomic mass is 10.1. The van der Waals surface area contributed by atoms with Crippen molar-refractivity contribution in [2.24, 2.45) is 0 Å². The molecule has 1 N–H and O–H groups in total. The molecular weight excluding hydrogens is 271 g/mol. The van der Waals surface area contributed by atoms with E-state index in [-0.39, 0.29) is 19.0 Å². The first-order valence-electron chi connectivity index (χ1n) is 6.42. The van der Waals surface area contributed by atoms with Crippen LogP contribution >= 0.6 is 0 Å². The third-order valence-electron chi connectivity index (χ3n) is 2.81. The summed E-state index contributed by atoms with van der Waals surface area (Å²) >= 11 is 0. The van der Waals surface area contributed by atoms with Gasteiger partial charge in [-0.3, -0.25) is 0 Å². The molecule has 3 nitrogen and oxygen atoms in total. The molecule has 0 radical (unpaired) electrons. The highest BCUT2D eigenvalue weighted by Crippen LogP contribution is 2.27. The summed E-state index contributed by atoms with van der Waals surface area (Å²) in [6, 6.07) is 12.7. The highest BCUT2D eigenvalue weighted by Gasteiger charge is 2.10. The number of aliphatic hydroxyl groups excluding tert-OH is 1. The Bertz CT molecular complexity index is 617. The van der Waals surface area contributed by atoms with Gasteiger partial charge in [0.2, 0.25) is 0 Å². The van der Waals surface area contributed by atoms with E-state index in [4.69, 9.17) is 15.9 Å². The molecule has 0 aliphatic carbocycles. The lowest BCUT2D eigenvalue weighted by molar-refractivity contribution is 0.106. The van der Waals surface area contributed by atoms with Gasteiger partial charge in [-0.1, -0.05) is 30.2 Å². The smallest absolute Gasteiger partial charge is 0.162 e. The third-order valence-corrected chi connectivity index (χ3v) is 2.81. The topological polar surface area (TPSA) is 38.7 Å². The zero-order chi connectivity index (χ0) is 15.1. The normalized spacial score (nSPS) is 11.5. The Hall–Kier alpha value is -2.51. The molecule has 0 saturated heterocycles. The fraction of sp³-hybridized carbons (Fsp3) is 0.176. The van der Waals surface area contributed by atoms with Crippen LogP contribution in [0.15, 0.2) is 48.5 Å².